The zero-order valence-corrected chi connectivity index (χ0v) is 13.5. The summed E-state index contributed by atoms with van der Waals surface area (Å²) in [5.41, 5.74) is 2.76. The van der Waals surface area contributed by atoms with Gasteiger partial charge < -0.3 is 10.1 Å². The maximum absolute atomic E-state index is 14.1. The predicted octanol–water partition coefficient (Wildman–Crippen LogP) is 3.48. The summed E-state index contributed by atoms with van der Waals surface area (Å²) >= 11 is 0. The maximum Gasteiger partial charge on any atom is 0.135 e. The number of nitrogens with zero attached hydrogens (tertiary/aromatic N) is 2. The number of ether oxygens (including phenoxy) is 1. The monoisotopic (exact) mass is 341 g/mol. The number of nitrogens with one attached hydrogen (secondary N) is 1. The third-order valence-corrected chi connectivity index (χ3v) is 4.29. The molecule has 1 atom stereocenters. The van der Waals surface area contributed by atoms with E-state index in [1.54, 1.807) is 16.9 Å². The number of aromatic nitrogens is 2. The van der Waals surface area contributed by atoms with E-state index in [2.05, 4.69) is 10.4 Å². The van der Waals surface area contributed by atoms with Crippen molar-refractivity contribution >= 4 is 0 Å². The van der Waals surface area contributed by atoms with Gasteiger partial charge in [0, 0.05) is 24.7 Å². The lowest BCUT2D eigenvalue weighted by atomic mass is 10.1. The molecule has 4 nitrogen and oxygen atoms in total. The zero-order chi connectivity index (χ0) is 17.2. The number of hydrogen-bond acceptors (Lipinski definition) is 3. The fourth-order valence-corrected chi connectivity index (χ4v) is 3.02. The van der Waals surface area contributed by atoms with Crippen molar-refractivity contribution in [3.05, 3.63) is 71.9 Å². The molecule has 1 N–H and O–H groups in total. The number of halogens is 2. The average molecular weight is 341 g/mol. The molecule has 3 aromatic rings. The molecular formula is C19H17F2N3O. The molecule has 0 saturated carbocycles. The Kier molecular flexibility index (Phi) is 4.29. The van der Waals surface area contributed by atoms with Gasteiger partial charge in [0.05, 0.1) is 30.3 Å². The molecule has 0 spiro atoms. The number of hydrogen-bond donors (Lipinski definition) is 1. The first-order valence-corrected chi connectivity index (χ1v) is 8.14. The molecule has 1 fully saturated rings. The Bertz CT molecular complexity index is 871. The minimum Gasteiger partial charge on any atom is -0.371 e. The Labute approximate surface area is 144 Å². The third-order valence-electron chi connectivity index (χ3n) is 4.29. The lowest BCUT2D eigenvalue weighted by molar-refractivity contribution is 0.0277. The van der Waals surface area contributed by atoms with Crippen LogP contribution in [-0.4, -0.2) is 29.5 Å². The van der Waals surface area contributed by atoms with Crippen LogP contribution in [0, 0.1) is 11.6 Å². The Morgan fingerprint density at radius 2 is 1.92 bits per heavy atom. The predicted molar refractivity (Wildman–Crippen MR) is 90.5 cm³/mol. The zero-order valence-electron chi connectivity index (χ0n) is 13.5. The molecule has 0 bridgehead atoms. The van der Waals surface area contributed by atoms with E-state index in [0.29, 0.717) is 17.9 Å². The van der Waals surface area contributed by atoms with Gasteiger partial charge in [-0.15, -0.1) is 0 Å². The molecule has 1 aromatic heterocycles. The Morgan fingerprint density at radius 1 is 1.08 bits per heavy atom. The van der Waals surface area contributed by atoms with Gasteiger partial charge in [-0.1, -0.05) is 12.1 Å². The first kappa shape index (κ1) is 15.9. The lowest BCUT2D eigenvalue weighted by Crippen LogP contribution is -2.33. The van der Waals surface area contributed by atoms with Gasteiger partial charge >= 0.3 is 0 Å². The van der Waals surface area contributed by atoms with Crippen LogP contribution in [0.15, 0.2) is 54.7 Å². The molecule has 1 saturated heterocycles. The second-order valence-electron chi connectivity index (χ2n) is 5.91. The molecule has 25 heavy (non-hydrogen) atoms. The molecular weight excluding hydrogens is 324 g/mol. The summed E-state index contributed by atoms with van der Waals surface area (Å²) in [6.07, 6.45) is 1.63. The quantitative estimate of drug-likeness (QED) is 0.793. The number of benzene rings is 2. The highest BCUT2D eigenvalue weighted by atomic mass is 19.1. The van der Waals surface area contributed by atoms with Gasteiger partial charge in [-0.25, -0.2) is 13.5 Å². The van der Waals surface area contributed by atoms with Crippen molar-refractivity contribution in [3.63, 3.8) is 0 Å². The fourth-order valence-electron chi connectivity index (χ4n) is 3.02. The molecule has 6 heteroatoms. The van der Waals surface area contributed by atoms with E-state index in [4.69, 9.17) is 4.74 Å². The second kappa shape index (κ2) is 6.74. The molecule has 0 aliphatic carbocycles. The van der Waals surface area contributed by atoms with Crippen LogP contribution in [0.5, 0.6) is 0 Å². The Morgan fingerprint density at radius 3 is 2.64 bits per heavy atom. The molecule has 0 radical (unpaired) electrons. The normalized spacial score (nSPS) is 17.6. The van der Waals surface area contributed by atoms with E-state index < -0.39 is 11.6 Å². The molecule has 2 aromatic carbocycles. The van der Waals surface area contributed by atoms with Gasteiger partial charge in [0.2, 0.25) is 0 Å². The van der Waals surface area contributed by atoms with E-state index in [0.717, 1.165) is 30.4 Å². The standard InChI is InChI=1S/C19H17F2N3O/c20-14-3-6-16(17(21)11-14)18-7-8-23-24(18)15-4-1-13(2-5-15)19-12-22-9-10-25-19/h1-8,11,19,22H,9-10,12H2. The molecule has 2 heterocycles. The minimum absolute atomic E-state index is 0.0365. The molecule has 1 aliphatic heterocycles. The van der Waals surface area contributed by atoms with Crippen molar-refractivity contribution in [1.29, 1.82) is 0 Å². The summed E-state index contributed by atoms with van der Waals surface area (Å²) in [5.74, 6) is -1.21. The van der Waals surface area contributed by atoms with Crippen LogP contribution in [0.4, 0.5) is 8.78 Å². The first-order valence-electron chi connectivity index (χ1n) is 8.14. The Balaban J connectivity index is 1.66. The summed E-state index contributed by atoms with van der Waals surface area (Å²) in [6, 6.07) is 13.1. The van der Waals surface area contributed by atoms with E-state index in [9.17, 15) is 8.78 Å². The fraction of sp³-hybridized carbons (Fsp3) is 0.211. The van der Waals surface area contributed by atoms with Gasteiger partial charge in [0.1, 0.15) is 11.6 Å². The molecule has 4 rings (SSSR count). The summed E-state index contributed by atoms with van der Waals surface area (Å²) < 4.78 is 34.6. The van der Waals surface area contributed by atoms with Crippen molar-refractivity contribution in [2.75, 3.05) is 19.7 Å². The van der Waals surface area contributed by atoms with Gasteiger partial charge in [-0.2, -0.15) is 5.10 Å². The minimum atomic E-state index is -0.611. The smallest absolute Gasteiger partial charge is 0.135 e. The molecule has 1 aliphatic rings. The van der Waals surface area contributed by atoms with Crippen LogP contribution in [-0.2, 0) is 4.74 Å². The van der Waals surface area contributed by atoms with Crippen LogP contribution >= 0.6 is 0 Å². The van der Waals surface area contributed by atoms with Crippen molar-refractivity contribution in [2.45, 2.75) is 6.10 Å². The summed E-state index contributed by atoms with van der Waals surface area (Å²) in [5, 5.41) is 7.58. The van der Waals surface area contributed by atoms with E-state index in [1.165, 1.54) is 12.1 Å². The summed E-state index contributed by atoms with van der Waals surface area (Å²) in [7, 11) is 0. The van der Waals surface area contributed by atoms with E-state index in [-0.39, 0.29) is 6.10 Å². The third kappa shape index (κ3) is 3.18. The van der Waals surface area contributed by atoms with Crippen molar-refractivity contribution in [2.24, 2.45) is 0 Å². The van der Waals surface area contributed by atoms with E-state index in [1.807, 2.05) is 24.3 Å². The van der Waals surface area contributed by atoms with Gasteiger partial charge in [0.25, 0.3) is 0 Å². The molecule has 0 amide bonds. The highest BCUT2D eigenvalue weighted by molar-refractivity contribution is 5.62. The average Bonchev–Trinajstić information content (AvgIpc) is 3.12. The van der Waals surface area contributed by atoms with Crippen LogP contribution in [0.2, 0.25) is 0 Å². The highest BCUT2D eigenvalue weighted by Crippen LogP contribution is 2.27. The van der Waals surface area contributed by atoms with Crippen molar-refractivity contribution in [3.8, 4) is 16.9 Å². The molecule has 128 valence electrons. The number of rotatable bonds is 3. The topological polar surface area (TPSA) is 39.1 Å². The van der Waals surface area contributed by atoms with Gasteiger partial charge in [0.15, 0.2) is 0 Å². The second-order valence-corrected chi connectivity index (χ2v) is 5.91. The van der Waals surface area contributed by atoms with Crippen LogP contribution in [0.1, 0.15) is 11.7 Å². The van der Waals surface area contributed by atoms with Crippen LogP contribution in [0.3, 0.4) is 0 Å². The lowest BCUT2D eigenvalue weighted by Gasteiger charge is -2.24. The SMILES string of the molecule is Fc1ccc(-c2ccnn2-c2ccc(C3CNCCO3)cc2)c(F)c1. The van der Waals surface area contributed by atoms with Gasteiger partial charge in [-0.3, -0.25) is 0 Å². The van der Waals surface area contributed by atoms with Crippen LogP contribution in [0.25, 0.3) is 16.9 Å². The summed E-state index contributed by atoms with van der Waals surface area (Å²) in [6.45, 7) is 2.35. The van der Waals surface area contributed by atoms with E-state index >= 15 is 0 Å². The van der Waals surface area contributed by atoms with Crippen molar-refractivity contribution < 1.29 is 13.5 Å². The van der Waals surface area contributed by atoms with Crippen molar-refractivity contribution in [1.82, 2.24) is 15.1 Å². The number of morpholine rings is 1. The summed E-state index contributed by atoms with van der Waals surface area (Å²) in [4.78, 5) is 0. The Hall–Kier alpha value is -2.57. The maximum atomic E-state index is 14.1. The first-order chi connectivity index (χ1) is 12.2. The van der Waals surface area contributed by atoms with Gasteiger partial charge in [-0.05, 0) is 35.9 Å². The highest BCUT2D eigenvalue weighted by Gasteiger charge is 2.16. The van der Waals surface area contributed by atoms with Crippen LogP contribution < -0.4 is 5.32 Å². The largest absolute Gasteiger partial charge is 0.371 e. The molecule has 1 unspecified atom stereocenters.